The summed E-state index contributed by atoms with van der Waals surface area (Å²) in [6.07, 6.45) is 1.58. The average Bonchev–Trinajstić information content (AvgIpc) is 3.17. The molecule has 0 spiro atoms. The predicted molar refractivity (Wildman–Crippen MR) is 155 cm³/mol. The number of benzene rings is 3. The van der Waals surface area contributed by atoms with E-state index in [1.165, 1.54) is 12.1 Å². The molecule has 3 amide bonds. The normalized spacial score (nSPS) is 14.2. The van der Waals surface area contributed by atoms with Crippen LogP contribution in [0.25, 0.3) is 6.08 Å². The van der Waals surface area contributed by atoms with E-state index in [1.54, 1.807) is 24.3 Å². The second-order valence-electron chi connectivity index (χ2n) is 9.22. The van der Waals surface area contributed by atoms with Gasteiger partial charge >= 0.3 is 0 Å². The van der Waals surface area contributed by atoms with Crippen molar-refractivity contribution < 1.29 is 28.2 Å². The van der Waals surface area contributed by atoms with Crippen molar-refractivity contribution in [3.63, 3.8) is 0 Å². The Morgan fingerprint density at radius 3 is 2.58 bits per heavy atom. The fourth-order valence-corrected chi connectivity index (χ4v) is 5.12. The summed E-state index contributed by atoms with van der Waals surface area (Å²) in [5.41, 5.74) is 2.84. The van der Waals surface area contributed by atoms with Gasteiger partial charge in [-0.15, -0.1) is 0 Å². The van der Waals surface area contributed by atoms with Crippen LogP contribution in [0, 0.1) is 5.82 Å². The van der Waals surface area contributed by atoms with Crippen molar-refractivity contribution in [2.75, 3.05) is 18.5 Å². The molecule has 1 fully saturated rings. The molecule has 1 N–H and O–H groups in total. The minimum atomic E-state index is -0.502. The highest BCUT2D eigenvalue weighted by Crippen LogP contribution is 2.36. The lowest BCUT2D eigenvalue weighted by atomic mass is 10.0. The maximum absolute atomic E-state index is 13.4. The number of hydrogen-bond acceptors (Lipinski definition) is 6. The first-order chi connectivity index (χ1) is 19.2. The third-order valence-electron chi connectivity index (χ3n) is 6.00. The molecule has 208 valence electrons. The number of carbonyl (C=O) groups is 3. The number of ether oxygens (including phenoxy) is 2. The van der Waals surface area contributed by atoms with E-state index < -0.39 is 17.0 Å². The van der Waals surface area contributed by atoms with Gasteiger partial charge in [-0.3, -0.25) is 19.3 Å². The van der Waals surface area contributed by atoms with Crippen LogP contribution in [0.15, 0.2) is 65.6 Å². The molecule has 1 saturated heterocycles. The highest BCUT2D eigenvalue weighted by molar-refractivity contribution is 8.18. The molecule has 0 radical (unpaired) electrons. The first-order valence-corrected chi connectivity index (χ1v) is 13.8. The molecular weight excluding hydrogens is 555 g/mol. The van der Waals surface area contributed by atoms with Crippen LogP contribution in [0.4, 0.5) is 14.9 Å². The van der Waals surface area contributed by atoms with Gasteiger partial charge in [-0.05, 0) is 77.7 Å². The first-order valence-electron chi connectivity index (χ1n) is 12.6. The lowest BCUT2D eigenvalue weighted by Gasteiger charge is -2.15. The van der Waals surface area contributed by atoms with Gasteiger partial charge in [0, 0.05) is 10.7 Å². The minimum absolute atomic E-state index is 0.0677. The van der Waals surface area contributed by atoms with E-state index >= 15 is 0 Å². The summed E-state index contributed by atoms with van der Waals surface area (Å²) in [6.45, 7) is 5.98. The van der Waals surface area contributed by atoms with E-state index in [0.29, 0.717) is 29.2 Å². The molecule has 10 heteroatoms. The molecule has 0 atom stereocenters. The quantitative estimate of drug-likeness (QED) is 0.253. The molecule has 0 unspecified atom stereocenters. The van der Waals surface area contributed by atoms with Crippen molar-refractivity contribution in [2.45, 2.75) is 33.2 Å². The Morgan fingerprint density at radius 1 is 1.07 bits per heavy atom. The highest BCUT2D eigenvalue weighted by atomic mass is 35.5. The van der Waals surface area contributed by atoms with Crippen LogP contribution in [0.3, 0.4) is 0 Å². The van der Waals surface area contributed by atoms with Crippen LogP contribution < -0.4 is 14.8 Å². The van der Waals surface area contributed by atoms with E-state index in [1.807, 2.05) is 31.2 Å². The minimum Gasteiger partial charge on any atom is -0.490 e. The summed E-state index contributed by atoms with van der Waals surface area (Å²) in [4.78, 5) is 39.4. The summed E-state index contributed by atoms with van der Waals surface area (Å²) in [6, 6.07) is 16.4. The van der Waals surface area contributed by atoms with Crippen molar-refractivity contribution in [1.29, 1.82) is 0 Å². The largest absolute Gasteiger partial charge is 0.490 e. The molecular formula is C30H28ClFN2O5S. The molecule has 40 heavy (non-hydrogen) atoms. The second-order valence-corrected chi connectivity index (χ2v) is 10.6. The summed E-state index contributed by atoms with van der Waals surface area (Å²) < 4.78 is 24.8. The Hall–Kier alpha value is -3.82. The van der Waals surface area contributed by atoms with Crippen molar-refractivity contribution in [3.05, 3.63) is 93.1 Å². The zero-order valence-corrected chi connectivity index (χ0v) is 23.8. The number of para-hydroxylation sites is 1. The molecule has 0 bridgehead atoms. The Kier molecular flexibility index (Phi) is 9.50. The molecule has 1 heterocycles. The highest BCUT2D eigenvalue weighted by Gasteiger charge is 2.35. The van der Waals surface area contributed by atoms with Crippen molar-refractivity contribution in [2.24, 2.45) is 0 Å². The SMILES string of the molecule is CCOc1cc(/C=C2\SC(=O)N(Cc3ccc(F)cc3Cl)C2=O)ccc1OCC(=O)Nc1ccccc1C(C)C. The van der Waals surface area contributed by atoms with Gasteiger partial charge in [0.05, 0.1) is 18.1 Å². The van der Waals surface area contributed by atoms with E-state index in [-0.39, 0.29) is 34.9 Å². The zero-order chi connectivity index (χ0) is 28.8. The van der Waals surface area contributed by atoms with Gasteiger partial charge in [0.25, 0.3) is 17.1 Å². The van der Waals surface area contributed by atoms with E-state index in [0.717, 1.165) is 34.0 Å². The van der Waals surface area contributed by atoms with Crippen LogP contribution in [0.1, 0.15) is 43.4 Å². The number of nitrogens with one attached hydrogen (secondary N) is 1. The predicted octanol–water partition coefficient (Wildman–Crippen LogP) is 7.26. The average molecular weight is 583 g/mol. The van der Waals surface area contributed by atoms with Crippen LogP contribution in [-0.2, 0) is 16.1 Å². The number of halogens is 2. The number of carbonyl (C=O) groups excluding carboxylic acids is 3. The number of hydrogen-bond donors (Lipinski definition) is 1. The van der Waals surface area contributed by atoms with Gasteiger partial charge < -0.3 is 14.8 Å². The Labute approximate surface area is 241 Å². The van der Waals surface area contributed by atoms with Crippen molar-refractivity contribution in [1.82, 2.24) is 4.90 Å². The number of thioether (sulfide) groups is 1. The lowest BCUT2D eigenvalue weighted by Crippen LogP contribution is -2.27. The molecule has 3 aromatic carbocycles. The zero-order valence-electron chi connectivity index (χ0n) is 22.2. The van der Waals surface area contributed by atoms with Crippen LogP contribution in [-0.4, -0.2) is 35.2 Å². The van der Waals surface area contributed by atoms with Gasteiger partial charge in [-0.2, -0.15) is 0 Å². The topological polar surface area (TPSA) is 84.9 Å². The van der Waals surface area contributed by atoms with E-state index in [2.05, 4.69) is 19.2 Å². The molecule has 4 rings (SSSR count). The number of imide groups is 1. The van der Waals surface area contributed by atoms with Crippen LogP contribution in [0.5, 0.6) is 11.5 Å². The standard InChI is InChI=1S/C30H28ClFN2O5S/c1-4-38-26-13-19(9-12-25(26)39-17-28(35)33-24-8-6-5-7-22(24)18(2)3)14-27-29(36)34(30(37)40-27)16-20-10-11-21(32)15-23(20)31/h5-15,18H,4,16-17H2,1-3H3,(H,33,35)/b27-14-. The Bertz CT molecular complexity index is 1480. The number of amides is 3. The van der Waals surface area contributed by atoms with E-state index in [4.69, 9.17) is 21.1 Å². The fraction of sp³-hybridized carbons (Fsp3) is 0.233. The van der Waals surface area contributed by atoms with Gasteiger partial charge in [-0.1, -0.05) is 55.8 Å². The number of nitrogens with zero attached hydrogens (tertiary/aromatic N) is 1. The first kappa shape index (κ1) is 29.2. The van der Waals surface area contributed by atoms with Crippen molar-refractivity contribution in [3.8, 4) is 11.5 Å². The number of anilines is 1. The molecule has 7 nitrogen and oxygen atoms in total. The summed E-state index contributed by atoms with van der Waals surface area (Å²) in [5, 5.41) is 2.58. The monoisotopic (exact) mass is 582 g/mol. The van der Waals surface area contributed by atoms with Gasteiger partial charge in [-0.25, -0.2) is 4.39 Å². The fourth-order valence-electron chi connectivity index (χ4n) is 4.05. The van der Waals surface area contributed by atoms with Crippen LogP contribution >= 0.6 is 23.4 Å². The molecule has 0 saturated carbocycles. The summed E-state index contributed by atoms with van der Waals surface area (Å²) in [7, 11) is 0. The van der Waals surface area contributed by atoms with Crippen molar-refractivity contribution >= 4 is 52.2 Å². The molecule has 0 aliphatic carbocycles. The summed E-state index contributed by atoms with van der Waals surface area (Å²) >= 11 is 6.88. The smallest absolute Gasteiger partial charge is 0.293 e. The van der Waals surface area contributed by atoms with Gasteiger partial charge in [0.15, 0.2) is 18.1 Å². The Balaban J connectivity index is 1.45. The lowest BCUT2D eigenvalue weighted by molar-refractivity contribution is -0.123. The maximum Gasteiger partial charge on any atom is 0.293 e. The van der Waals surface area contributed by atoms with Gasteiger partial charge in [0.1, 0.15) is 5.82 Å². The van der Waals surface area contributed by atoms with Crippen LogP contribution in [0.2, 0.25) is 5.02 Å². The van der Waals surface area contributed by atoms with E-state index in [9.17, 15) is 18.8 Å². The molecule has 3 aromatic rings. The number of rotatable bonds is 10. The molecule has 0 aromatic heterocycles. The van der Waals surface area contributed by atoms with Gasteiger partial charge in [0.2, 0.25) is 0 Å². The second kappa shape index (κ2) is 13.0. The summed E-state index contributed by atoms with van der Waals surface area (Å²) in [5.74, 6) is -0.287. The Morgan fingerprint density at radius 2 is 1.85 bits per heavy atom. The molecule has 1 aliphatic rings. The molecule has 1 aliphatic heterocycles. The third-order valence-corrected chi connectivity index (χ3v) is 7.26. The third kappa shape index (κ3) is 7.03. The maximum atomic E-state index is 13.4.